The molecule has 0 aliphatic rings. The number of nitrogens with one attached hydrogen (secondary N) is 2. The Labute approximate surface area is 314 Å². The summed E-state index contributed by atoms with van der Waals surface area (Å²) in [6, 6.07) is 10.7. The summed E-state index contributed by atoms with van der Waals surface area (Å²) in [7, 11) is 0. The summed E-state index contributed by atoms with van der Waals surface area (Å²) in [5.74, 6) is -1.03. The molecule has 0 fully saturated rings. The Balaban J connectivity index is 1.91. The predicted molar refractivity (Wildman–Crippen MR) is 219 cm³/mol. The first-order valence-corrected chi connectivity index (χ1v) is 17.0. The molecule has 0 saturated heterocycles. The minimum Gasteiger partial charge on any atom is -0.369 e. The van der Waals surface area contributed by atoms with Crippen molar-refractivity contribution in [2.45, 2.75) is 79.1 Å². The molecule has 20 heteroatoms. The maximum absolute atomic E-state index is 12.8. The Morgan fingerprint density at radius 1 is 0.407 bits per heavy atom. The lowest BCUT2D eigenvalue weighted by molar-refractivity contribution is -0.117. The second-order valence-corrected chi connectivity index (χ2v) is 12.2. The van der Waals surface area contributed by atoms with Gasteiger partial charge in [0.25, 0.3) is 0 Å². The lowest BCUT2D eigenvalue weighted by Gasteiger charge is -2.11. The number of unbranched alkanes of at least 4 members (excludes halogenated alkanes) is 5. The zero-order chi connectivity index (χ0) is 40.2. The van der Waals surface area contributed by atoms with Crippen molar-refractivity contribution in [1.82, 2.24) is 0 Å². The number of carbonyl (C=O) groups is 2. The largest absolute Gasteiger partial charge is 0.369 e. The Morgan fingerprint density at radius 3 is 0.889 bits per heavy atom. The van der Waals surface area contributed by atoms with E-state index in [0.29, 0.717) is 82.2 Å². The fourth-order valence-electron chi connectivity index (χ4n) is 4.72. The van der Waals surface area contributed by atoms with Gasteiger partial charge in [-0.1, -0.05) is 25.7 Å². The maximum Gasteiger partial charge on any atom is 0.224 e. The van der Waals surface area contributed by atoms with Crippen LogP contribution in [0.15, 0.2) is 77.2 Å². The molecule has 2 rings (SSSR count). The van der Waals surface area contributed by atoms with Gasteiger partial charge in [-0.25, -0.2) is 0 Å². The molecule has 0 bridgehead atoms. The van der Waals surface area contributed by atoms with Gasteiger partial charge in [-0.05, 0) is 76.9 Å². The number of nitrogens with zero attached hydrogens (tertiary/aromatic N) is 8. The summed E-state index contributed by atoms with van der Waals surface area (Å²) in [5, 5.41) is 36.8. The van der Waals surface area contributed by atoms with Crippen LogP contribution >= 0.6 is 0 Å². The van der Waals surface area contributed by atoms with Crippen LogP contribution in [0.5, 0.6) is 0 Å². The van der Waals surface area contributed by atoms with Crippen LogP contribution in [0.3, 0.4) is 0 Å². The normalized spacial score (nSPS) is 12.0. The molecule has 0 aromatic heterocycles. The van der Waals surface area contributed by atoms with Crippen LogP contribution in [0.4, 0.5) is 11.4 Å². The fraction of sp³-hybridized carbons (Fsp3) is 0.353. The molecule has 0 aliphatic carbocycles. The van der Waals surface area contributed by atoms with Gasteiger partial charge < -0.3 is 56.5 Å². The fourth-order valence-corrected chi connectivity index (χ4v) is 4.72. The van der Waals surface area contributed by atoms with Crippen molar-refractivity contribution in [1.29, 1.82) is 0 Å². The van der Waals surface area contributed by atoms with Crippen molar-refractivity contribution in [3.8, 4) is 0 Å². The van der Waals surface area contributed by atoms with E-state index in [1.165, 1.54) is 0 Å². The molecule has 0 aliphatic heterocycles. The second-order valence-electron chi connectivity index (χ2n) is 12.2. The standard InChI is InChI=1S/C34H52N18O2/c1-19(45-49-31(35)36)23-13-24(20(2)46-50-32(37)38)16-27(15-23)43-29(53)11-9-7-5-6-8-10-12-30(54)44-28-17-25(21(3)47-51-33(39)40)14-26(18-28)22(4)48-52-34(41)42/h13-18H,5-12H2,1-4H3,(H,43,53)(H,44,54)(H4,35,36,49)(H4,37,38,50)(H4,39,40,51)(H4,41,42,52). The molecular weight excluding hydrogens is 692 g/mol. The Morgan fingerprint density at radius 2 is 0.648 bits per heavy atom. The van der Waals surface area contributed by atoms with Crippen molar-refractivity contribution in [2.75, 3.05) is 10.6 Å². The summed E-state index contributed by atoms with van der Waals surface area (Å²) in [6.45, 7) is 6.92. The SMILES string of the molecule is CC(=NN=C(N)N)c1cc(NC(=O)CCCCCCCCC(=O)Nc2cc(C(C)=NN=C(N)N)cc(C(C)=NN=C(N)N)c2)cc(C(C)=NN=C(N)N)c1. The third kappa shape index (κ3) is 16.9. The summed E-state index contributed by atoms with van der Waals surface area (Å²) >= 11 is 0. The van der Waals surface area contributed by atoms with Gasteiger partial charge in [0.2, 0.25) is 35.7 Å². The van der Waals surface area contributed by atoms with Crippen molar-refractivity contribution < 1.29 is 9.59 Å². The molecule has 2 aromatic carbocycles. The van der Waals surface area contributed by atoms with E-state index in [-0.39, 0.29) is 35.7 Å². The first kappa shape index (κ1) is 43.3. The molecule has 0 saturated carbocycles. The van der Waals surface area contributed by atoms with Crippen LogP contribution in [0.1, 0.15) is 101 Å². The zero-order valence-corrected chi connectivity index (χ0v) is 31.1. The number of amides is 2. The summed E-state index contributed by atoms with van der Waals surface area (Å²) < 4.78 is 0. The van der Waals surface area contributed by atoms with Crippen molar-refractivity contribution in [2.24, 2.45) is 86.7 Å². The highest BCUT2D eigenvalue weighted by Crippen LogP contribution is 2.20. The topological polar surface area (TPSA) is 365 Å². The van der Waals surface area contributed by atoms with E-state index in [2.05, 4.69) is 51.4 Å². The molecule has 0 radical (unpaired) electrons. The second kappa shape index (κ2) is 22.2. The van der Waals surface area contributed by atoms with Gasteiger partial charge in [0.15, 0.2) is 0 Å². The number of guanidine groups is 4. The monoisotopic (exact) mass is 744 g/mol. The van der Waals surface area contributed by atoms with Gasteiger partial charge in [-0.2, -0.15) is 20.4 Å². The van der Waals surface area contributed by atoms with Crippen LogP contribution in [-0.4, -0.2) is 58.5 Å². The third-order valence-corrected chi connectivity index (χ3v) is 7.42. The number of anilines is 2. The first-order valence-electron chi connectivity index (χ1n) is 17.0. The summed E-state index contributed by atoms with van der Waals surface area (Å²) in [4.78, 5) is 25.7. The number of hydrogen-bond acceptors (Lipinski definition) is 10. The van der Waals surface area contributed by atoms with Crippen LogP contribution in [0.25, 0.3) is 0 Å². The number of carbonyl (C=O) groups excluding carboxylic acids is 2. The minimum atomic E-state index is -0.185. The lowest BCUT2D eigenvalue weighted by Crippen LogP contribution is -2.22. The highest BCUT2D eigenvalue weighted by Gasteiger charge is 2.12. The van der Waals surface area contributed by atoms with Crippen molar-refractivity contribution >= 4 is 69.9 Å². The quantitative estimate of drug-likeness (QED) is 0.0426. The highest BCUT2D eigenvalue weighted by molar-refractivity contribution is 6.07. The number of benzene rings is 2. The van der Waals surface area contributed by atoms with E-state index >= 15 is 0 Å². The lowest BCUT2D eigenvalue weighted by atomic mass is 10.0. The predicted octanol–water partition coefficient (Wildman–Crippen LogP) is 1.37. The zero-order valence-electron chi connectivity index (χ0n) is 31.1. The van der Waals surface area contributed by atoms with Gasteiger partial charge in [-0.15, -0.1) is 20.4 Å². The summed E-state index contributed by atoms with van der Waals surface area (Å²) in [5.41, 5.74) is 49.0. The average Bonchev–Trinajstić information content (AvgIpc) is 3.11. The number of nitrogens with two attached hydrogens (primary N) is 8. The molecule has 20 nitrogen and oxygen atoms in total. The minimum absolute atomic E-state index is 0.143. The molecule has 0 spiro atoms. The van der Waals surface area contributed by atoms with Gasteiger partial charge >= 0.3 is 0 Å². The van der Waals surface area contributed by atoms with E-state index < -0.39 is 0 Å². The van der Waals surface area contributed by atoms with Gasteiger partial charge in [0.05, 0.1) is 22.8 Å². The molecule has 2 amide bonds. The van der Waals surface area contributed by atoms with E-state index in [4.69, 9.17) is 45.9 Å². The first-order chi connectivity index (χ1) is 25.5. The Hall–Kier alpha value is -6.86. The van der Waals surface area contributed by atoms with Crippen LogP contribution in [0.2, 0.25) is 0 Å². The molecular formula is C34H52N18O2. The molecule has 290 valence electrons. The van der Waals surface area contributed by atoms with Crippen LogP contribution in [-0.2, 0) is 9.59 Å². The molecule has 18 N–H and O–H groups in total. The Bertz CT molecular complexity index is 1630. The van der Waals surface area contributed by atoms with Crippen LogP contribution < -0.4 is 56.5 Å². The molecule has 0 unspecified atom stereocenters. The van der Waals surface area contributed by atoms with Gasteiger partial charge in [0, 0.05) is 46.5 Å². The molecule has 0 heterocycles. The number of rotatable bonds is 19. The number of hydrogen-bond donors (Lipinski definition) is 10. The van der Waals surface area contributed by atoms with E-state index in [9.17, 15) is 9.59 Å². The van der Waals surface area contributed by atoms with Gasteiger partial charge in [0.1, 0.15) is 0 Å². The summed E-state index contributed by atoms with van der Waals surface area (Å²) in [6.07, 6.45) is 5.62. The van der Waals surface area contributed by atoms with Crippen molar-refractivity contribution in [3.05, 3.63) is 58.7 Å². The molecule has 54 heavy (non-hydrogen) atoms. The van der Waals surface area contributed by atoms with Crippen molar-refractivity contribution in [3.63, 3.8) is 0 Å². The third-order valence-electron chi connectivity index (χ3n) is 7.42. The van der Waals surface area contributed by atoms with E-state index in [1.807, 2.05) is 0 Å². The van der Waals surface area contributed by atoms with E-state index in [1.54, 1.807) is 64.1 Å². The maximum atomic E-state index is 12.8. The molecule has 0 atom stereocenters. The Kier molecular flexibility index (Phi) is 17.8. The van der Waals surface area contributed by atoms with E-state index in [0.717, 1.165) is 25.7 Å². The van der Waals surface area contributed by atoms with Crippen LogP contribution in [0, 0.1) is 0 Å². The average molecular weight is 745 g/mol. The molecule has 2 aromatic rings. The smallest absolute Gasteiger partial charge is 0.224 e. The highest BCUT2D eigenvalue weighted by atomic mass is 16.2. The van der Waals surface area contributed by atoms with Gasteiger partial charge in [-0.3, -0.25) is 9.59 Å².